The molecule has 1 aliphatic rings. The van der Waals surface area contributed by atoms with Crippen molar-refractivity contribution in [2.24, 2.45) is 5.73 Å². The molecule has 0 saturated carbocycles. The number of thiophene rings is 2. The number of primary amides is 1. The lowest BCUT2D eigenvalue weighted by Gasteiger charge is -2.11. The summed E-state index contributed by atoms with van der Waals surface area (Å²) in [4.78, 5) is 39.4. The first kappa shape index (κ1) is 23.5. The summed E-state index contributed by atoms with van der Waals surface area (Å²) in [6, 6.07) is 9.01. The molecule has 2 amide bonds. The summed E-state index contributed by atoms with van der Waals surface area (Å²) < 4.78 is 6.96. The minimum atomic E-state index is -0.618. The molecule has 0 unspecified atom stereocenters. The molecule has 0 radical (unpaired) electrons. The number of carbonyl (C=O) groups is 3. The molecule has 35 heavy (non-hydrogen) atoms. The van der Waals surface area contributed by atoms with Crippen molar-refractivity contribution in [2.45, 2.75) is 32.6 Å². The Bertz CT molecular complexity index is 1490. The van der Waals surface area contributed by atoms with Crippen LogP contribution in [-0.4, -0.2) is 34.2 Å². The fourth-order valence-electron chi connectivity index (χ4n) is 4.21. The molecule has 180 valence electrons. The van der Waals surface area contributed by atoms with E-state index in [1.54, 1.807) is 16.8 Å². The molecule has 0 spiro atoms. The van der Waals surface area contributed by atoms with Crippen LogP contribution in [-0.2, 0) is 22.4 Å². The van der Waals surface area contributed by atoms with Crippen LogP contribution in [0.3, 0.4) is 0 Å². The highest BCUT2D eigenvalue weighted by Crippen LogP contribution is 2.38. The summed E-state index contributed by atoms with van der Waals surface area (Å²) in [5, 5.41) is 9.01. The van der Waals surface area contributed by atoms with E-state index in [1.165, 1.54) is 22.7 Å². The number of para-hydroxylation sites is 1. The van der Waals surface area contributed by atoms with Crippen LogP contribution in [0.5, 0.6) is 0 Å². The number of aromatic nitrogens is 2. The zero-order chi connectivity index (χ0) is 24.7. The predicted octanol–water partition coefficient (Wildman–Crippen LogP) is 4.88. The van der Waals surface area contributed by atoms with Gasteiger partial charge in [0.2, 0.25) is 0 Å². The van der Waals surface area contributed by atoms with Crippen molar-refractivity contribution in [3.8, 4) is 5.69 Å². The number of carbonyl (C=O) groups excluding carboxylic acids is 3. The minimum absolute atomic E-state index is 0.346. The van der Waals surface area contributed by atoms with E-state index < -0.39 is 24.4 Å². The van der Waals surface area contributed by atoms with Crippen LogP contribution in [0.4, 0.5) is 5.00 Å². The molecular weight excluding hydrogens is 508 g/mol. The van der Waals surface area contributed by atoms with Gasteiger partial charge in [0.1, 0.15) is 14.7 Å². The topological polar surface area (TPSA) is 116 Å². The number of anilines is 1. The molecule has 0 aliphatic heterocycles. The Morgan fingerprint density at radius 3 is 2.74 bits per heavy atom. The van der Waals surface area contributed by atoms with Crippen molar-refractivity contribution in [2.75, 3.05) is 11.9 Å². The van der Waals surface area contributed by atoms with E-state index in [9.17, 15) is 14.4 Å². The molecule has 3 heterocycles. The number of nitrogens with zero attached hydrogens (tertiary/aromatic N) is 2. The number of halogens is 1. The number of rotatable bonds is 6. The molecule has 1 aromatic carbocycles. The average molecular weight is 529 g/mol. The monoisotopic (exact) mass is 528 g/mol. The minimum Gasteiger partial charge on any atom is -0.451 e. The standard InChI is InChI=1S/C24H21ClN4O4S2/c1-12-14-10-18(35-23(14)29(28-12)16-8-4-3-7-15(16)25)24(32)33-11-19(30)27-22-20(21(26)31)13-6-2-5-9-17(13)34-22/h3-4,7-8,10H,2,5-6,9,11H2,1H3,(H2,26,31)(H,27,30). The second kappa shape index (κ2) is 9.44. The predicted molar refractivity (Wildman–Crippen MR) is 137 cm³/mol. The van der Waals surface area contributed by atoms with Crippen molar-refractivity contribution < 1.29 is 19.1 Å². The molecule has 3 aromatic heterocycles. The largest absolute Gasteiger partial charge is 0.451 e. The lowest BCUT2D eigenvalue weighted by atomic mass is 9.95. The van der Waals surface area contributed by atoms with Gasteiger partial charge in [-0.25, -0.2) is 9.48 Å². The number of ether oxygens (including phenoxy) is 1. The Balaban J connectivity index is 1.30. The average Bonchev–Trinajstić information content (AvgIpc) is 3.50. The van der Waals surface area contributed by atoms with Crippen molar-refractivity contribution in [3.63, 3.8) is 0 Å². The first-order chi connectivity index (χ1) is 16.8. The van der Waals surface area contributed by atoms with Gasteiger partial charge in [0.25, 0.3) is 11.8 Å². The van der Waals surface area contributed by atoms with E-state index in [4.69, 9.17) is 22.1 Å². The Kier molecular flexibility index (Phi) is 6.35. The van der Waals surface area contributed by atoms with Crippen molar-refractivity contribution in [1.82, 2.24) is 9.78 Å². The number of nitrogens with two attached hydrogens (primary N) is 1. The Morgan fingerprint density at radius 1 is 1.20 bits per heavy atom. The highest BCUT2D eigenvalue weighted by molar-refractivity contribution is 7.20. The maximum Gasteiger partial charge on any atom is 0.348 e. The lowest BCUT2D eigenvalue weighted by Crippen LogP contribution is -2.22. The SMILES string of the molecule is Cc1nn(-c2ccccc2Cl)c2sc(C(=O)OCC(=O)Nc3sc4c(c3C(N)=O)CCCC4)cc12. The van der Waals surface area contributed by atoms with E-state index >= 15 is 0 Å². The molecule has 11 heteroatoms. The summed E-state index contributed by atoms with van der Waals surface area (Å²) in [6.45, 7) is 1.37. The Labute approximate surface area is 213 Å². The van der Waals surface area contributed by atoms with E-state index in [2.05, 4.69) is 10.4 Å². The van der Waals surface area contributed by atoms with Gasteiger partial charge in [0.15, 0.2) is 6.61 Å². The Morgan fingerprint density at radius 2 is 1.97 bits per heavy atom. The third-order valence-corrected chi connectivity index (χ3v) is 8.45. The zero-order valence-electron chi connectivity index (χ0n) is 18.7. The van der Waals surface area contributed by atoms with Crippen molar-refractivity contribution >= 4 is 67.3 Å². The summed E-state index contributed by atoms with van der Waals surface area (Å²) in [5.41, 5.74) is 8.32. The number of aryl methyl sites for hydroxylation is 2. The third-order valence-electron chi connectivity index (χ3n) is 5.83. The summed E-state index contributed by atoms with van der Waals surface area (Å²) >= 11 is 8.91. The molecule has 4 aromatic rings. The molecule has 1 aliphatic carbocycles. The summed E-state index contributed by atoms with van der Waals surface area (Å²) in [6.07, 6.45) is 3.66. The quantitative estimate of drug-likeness (QED) is 0.346. The van der Waals surface area contributed by atoms with Gasteiger partial charge in [-0.15, -0.1) is 22.7 Å². The van der Waals surface area contributed by atoms with E-state index in [1.807, 2.05) is 25.1 Å². The molecular formula is C24H21ClN4O4S2. The van der Waals surface area contributed by atoms with Crippen molar-refractivity contribution in [1.29, 1.82) is 0 Å². The van der Waals surface area contributed by atoms with Crippen LogP contribution in [0.25, 0.3) is 15.9 Å². The van der Waals surface area contributed by atoms with Crippen LogP contribution in [0.2, 0.25) is 5.02 Å². The van der Waals surface area contributed by atoms with Crippen molar-refractivity contribution in [3.05, 3.63) is 61.9 Å². The smallest absolute Gasteiger partial charge is 0.348 e. The van der Waals surface area contributed by atoms with Crippen LogP contribution >= 0.6 is 34.3 Å². The molecule has 0 bridgehead atoms. The van der Waals surface area contributed by atoms with Gasteiger partial charge < -0.3 is 15.8 Å². The third kappa shape index (κ3) is 4.44. The van der Waals surface area contributed by atoms with Gasteiger partial charge in [0.05, 0.1) is 22.0 Å². The van der Waals surface area contributed by atoms with Gasteiger partial charge in [-0.2, -0.15) is 5.10 Å². The first-order valence-electron chi connectivity index (χ1n) is 11.0. The normalized spacial score (nSPS) is 13.0. The first-order valence-corrected chi connectivity index (χ1v) is 13.0. The number of fused-ring (bicyclic) bond motifs is 2. The Hall–Kier alpha value is -3.21. The second-order valence-electron chi connectivity index (χ2n) is 8.18. The molecule has 0 saturated heterocycles. The molecule has 3 N–H and O–H groups in total. The number of esters is 1. The molecule has 8 nitrogen and oxygen atoms in total. The maximum absolute atomic E-state index is 12.7. The number of hydrogen-bond donors (Lipinski definition) is 2. The second-order valence-corrected chi connectivity index (χ2v) is 10.7. The lowest BCUT2D eigenvalue weighted by molar-refractivity contribution is -0.119. The fraction of sp³-hybridized carbons (Fsp3) is 0.250. The van der Waals surface area contributed by atoms with Gasteiger partial charge in [-0.05, 0) is 56.4 Å². The molecule has 0 fully saturated rings. The van der Waals surface area contributed by atoms with Crippen LogP contribution in [0.1, 0.15) is 49.0 Å². The highest BCUT2D eigenvalue weighted by Gasteiger charge is 2.25. The highest BCUT2D eigenvalue weighted by atomic mass is 35.5. The zero-order valence-corrected chi connectivity index (χ0v) is 21.1. The van der Waals surface area contributed by atoms with Gasteiger partial charge in [0, 0.05) is 10.3 Å². The number of hydrogen-bond acceptors (Lipinski definition) is 7. The van der Waals surface area contributed by atoms with E-state index in [-0.39, 0.29) is 0 Å². The fourth-order valence-corrected chi connectivity index (χ4v) is 6.81. The van der Waals surface area contributed by atoms with Crippen LogP contribution in [0.15, 0.2) is 30.3 Å². The summed E-state index contributed by atoms with van der Waals surface area (Å²) in [7, 11) is 0. The van der Waals surface area contributed by atoms with Crippen LogP contribution < -0.4 is 11.1 Å². The molecule has 0 atom stereocenters. The number of nitrogens with one attached hydrogen (secondary N) is 1. The number of benzene rings is 1. The maximum atomic E-state index is 12.7. The van der Waals surface area contributed by atoms with Gasteiger partial charge >= 0.3 is 5.97 Å². The van der Waals surface area contributed by atoms with Gasteiger partial charge in [-0.1, -0.05) is 23.7 Å². The summed E-state index contributed by atoms with van der Waals surface area (Å²) in [5.74, 6) is -1.71. The van der Waals surface area contributed by atoms with E-state index in [0.717, 1.165) is 52.0 Å². The van der Waals surface area contributed by atoms with Crippen LogP contribution in [0, 0.1) is 6.92 Å². The molecule has 5 rings (SSSR count). The number of amides is 2. The van der Waals surface area contributed by atoms with E-state index in [0.29, 0.717) is 26.2 Å². The van der Waals surface area contributed by atoms with Gasteiger partial charge in [-0.3, -0.25) is 9.59 Å².